The van der Waals surface area contributed by atoms with Gasteiger partial charge in [0.25, 0.3) is 5.91 Å². The van der Waals surface area contributed by atoms with Gasteiger partial charge in [0.15, 0.2) is 0 Å². The monoisotopic (exact) mass is 480 g/mol. The van der Waals surface area contributed by atoms with Crippen LogP contribution in [0.4, 0.5) is 11.5 Å². The average Bonchev–Trinajstić information content (AvgIpc) is 3.34. The molecule has 2 heterocycles. The van der Waals surface area contributed by atoms with Gasteiger partial charge in [0, 0.05) is 11.4 Å². The fourth-order valence-electron chi connectivity index (χ4n) is 4.20. The summed E-state index contributed by atoms with van der Waals surface area (Å²) in [5.41, 5.74) is 5.30. The summed E-state index contributed by atoms with van der Waals surface area (Å²) >= 11 is 0. The lowest BCUT2D eigenvalue weighted by Gasteiger charge is -2.26. The molecule has 1 unspecified atom stereocenters. The van der Waals surface area contributed by atoms with E-state index in [0.717, 1.165) is 28.3 Å². The van der Waals surface area contributed by atoms with Crippen molar-refractivity contribution in [1.29, 1.82) is 0 Å². The van der Waals surface area contributed by atoms with E-state index < -0.39 is 0 Å². The Labute approximate surface area is 210 Å². The van der Waals surface area contributed by atoms with Crippen molar-refractivity contribution in [3.8, 4) is 11.5 Å². The smallest absolute Gasteiger partial charge is 0.261 e. The number of carbonyl (C=O) groups is 1. The summed E-state index contributed by atoms with van der Waals surface area (Å²) in [6, 6.07) is 23.3. The van der Waals surface area contributed by atoms with Gasteiger partial charge in [0.05, 0.1) is 26.0 Å². The highest BCUT2D eigenvalue weighted by molar-refractivity contribution is 6.08. The van der Waals surface area contributed by atoms with Gasteiger partial charge in [0.1, 0.15) is 22.9 Å². The van der Waals surface area contributed by atoms with Gasteiger partial charge in [-0.05, 0) is 67.4 Å². The molecule has 7 heteroatoms. The third kappa shape index (κ3) is 4.68. The molecule has 3 aromatic carbocycles. The summed E-state index contributed by atoms with van der Waals surface area (Å²) in [5, 5.41) is 11.0. The summed E-state index contributed by atoms with van der Waals surface area (Å²) in [7, 11) is 1.65. The number of benzene rings is 3. The van der Waals surface area contributed by atoms with Crippen LogP contribution >= 0.6 is 0 Å². The predicted molar refractivity (Wildman–Crippen MR) is 142 cm³/mol. The molecule has 0 bridgehead atoms. The largest absolute Gasteiger partial charge is 0.497 e. The van der Waals surface area contributed by atoms with Gasteiger partial charge >= 0.3 is 0 Å². The van der Waals surface area contributed by atoms with Gasteiger partial charge in [-0.3, -0.25) is 4.79 Å². The minimum atomic E-state index is -0.244. The predicted octanol–water partition coefficient (Wildman–Crippen LogP) is 5.91. The molecule has 0 fully saturated rings. The molecule has 1 aliphatic rings. The molecule has 5 rings (SSSR count). The van der Waals surface area contributed by atoms with Gasteiger partial charge in [-0.2, -0.15) is 5.10 Å². The molecule has 0 radical (unpaired) electrons. The van der Waals surface area contributed by atoms with Crippen molar-refractivity contribution in [3.63, 3.8) is 0 Å². The first-order valence-corrected chi connectivity index (χ1v) is 11.9. The second-order valence-electron chi connectivity index (χ2n) is 8.55. The van der Waals surface area contributed by atoms with E-state index in [1.165, 1.54) is 5.56 Å². The van der Waals surface area contributed by atoms with Crippen LogP contribution in [0.3, 0.4) is 0 Å². The minimum absolute atomic E-state index is 0.199. The van der Waals surface area contributed by atoms with Crippen molar-refractivity contribution in [2.45, 2.75) is 19.9 Å². The SMILES string of the molecule is CCOc1ccc(NC(=O)c2cnn3c2NC(c2ccc(C)cc2)=CC3c2ccc(OC)cc2)cc1. The Morgan fingerprint density at radius 2 is 1.69 bits per heavy atom. The number of ether oxygens (including phenoxy) is 2. The van der Waals surface area contributed by atoms with Crippen molar-refractivity contribution < 1.29 is 14.3 Å². The molecular weight excluding hydrogens is 452 g/mol. The van der Waals surface area contributed by atoms with Crippen LogP contribution in [-0.4, -0.2) is 29.4 Å². The van der Waals surface area contributed by atoms with Gasteiger partial charge in [-0.15, -0.1) is 0 Å². The molecule has 1 amide bonds. The number of hydrogen-bond donors (Lipinski definition) is 2. The first-order valence-electron chi connectivity index (χ1n) is 11.9. The molecule has 4 aromatic rings. The Kier molecular flexibility index (Phi) is 6.45. The Bertz CT molecular complexity index is 1390. The quantitative estimate of drug-likeness (QED) is 0.344. The van der Waals surface area contributed by atoms with E-state index in [0.29, 0.717) is 23.7 Å². The molecule has 0 saturated heterocycles. The van der Waals surface area contributed by atoms with Gasteiger partial charge in [-0.1, -0.05) is 42.0 Å². The van der Waals surface area contributed by atoms with E-state index in [9.17, 15) is 4.79 Å². The number of fused-ring (bicyclic) bond motifs is 1. The Morgan fingerprint density at radius 1 is 1.00 bits per heavy atom. The van der Waals surface area contributed by atoms with E-state index in [-0.39, 0.29) is 11.9 Å². The van der Waals surface area contributed by atoms with Crippen LogP contribution in [0, 0.1) is 6.92 Å². The van der Waals surface area contributed by atoms with E-state index in [1.807, 2.05) is 60.1 Å². The summed E-state index contributed by atoms with van der Waals surface area (Å²) in [6.07, 6.45) is 3.73. The third-order valence-corrected chi connectivity index (χ3v) is 6.12. The first-order chi connectivity index (χ1) is 17.6. The lowest BCUT2D eigenvalue weighted by atomic mass is 10.0. The number of hydrogen-bond acceptors (Lipinski definition) is 5. The Morgan fingerprint density at radius 3 is 2.36 bits per heavy atom. The number of nitrogens with one attached hydrogen (secondary N) is 2. The normalized spacial score (nSPS) is 14.3. The molecule has 0 aliphatic carbocycles. The number of nitrogens with zero attached hydrogens (tertiary/aromatic N) is 2. The topological polar surface area (TPSA) is 77.4 Å². The number of allylic oxidation sites excluding steroid dienone is 1. The van der Waals surface area contributed by atoms with Crippen molar-refractivity contribution in [1.82, 2.24) is 9.78 Å². The maximum atomic E-state index is 13.3. The maximum absolute atomic E-state index is 13.3. The van der Waals surface area contributed by atoms with E-state index in [4.69, 9.17) is 9.47 Å². The van der Waals surface area contributed by atoms with E-state index in [2.05, 4.69) is 53.0 Å². The second-order valence-corrected chi connectivity index (χ2v) is 8.55. The molecule has 2 N–H and O–H groups in total. The number of anilines is 2. The standard InChI is InChI=1S/C29H28N4O3/c1-4-36-24-15-11-22(12-16-24)31-29(34)25-18-30-33-27(21-9-13-23(35-3)14-10-21)17-26(32-28(25)33)20-7-5-19(2)6-8-20/h5-18,27,32H,4H2,1-3H3,(H,31,34). The van der Waals surface area contributed by atoms with Crippen molar-refractivity contribution in [2.24, 2.45) is 0 Å². The number of amides is 1. The lowest BCUT2D eigenvalue weighted by molar-refractivity contribution is 0.102. The van der Waals surface area contributed by atoms with Crippen molar-refractivity contribution in [3.05, 3.63) is 107 Å². The van der Waals surface area contributed by atoms with Crippen molar-refractivity contribution >= 4 is 23.1 Å². The van der Waals surface area contributed by atoms with Crippen LogP contribution in [0.25, 0.3) is 5.70 Å². The molecule has 182 valence electrons. The fraction of sp³-hybridized carbons (Fsp3) is 0.172. The minimum Gasteiger partial charge on any atom is -0.497 e. The van der Waals surface area contributed by atoms with Gasteiger partial charge in [0.2, 0.25) is 0 Å². The summed E-state index contributed by atoms with van der Waals surface area (Å²) in [4.78, 5) is 13.3. The second kappa shape index (κ2) is 10.00. The zero-order chi connectivity index (χ0) is 25.1. The number of carbonyl (C=O) groups excluding carboxylic acids is 1. The van der Waals surface area contributed by atoms with Crippen LogP contribution in [0.15, 0.2) is 85.1 Å². The zero-order valence-electron chi connectivity index (χ0n) is 20.5. The lowest BCUT2D eigenvalue weighted by Crippen LogP contribution is -2.22. The molecule has 7 nitrogen and oxygen atoms in total. The molecule has 0 saturated carbocycles. The number of aryl methyl sites for hydroxylation is 1. The highest BCUT2D eigenvalue weighted by atomic mass is 16.5. The van der Waals surface area contributed by atoms with E-state index >= 15 is 0 Å². The maximum Gasteiger partial charge on any atom is 0.261 e. The molecule has 1 aromatic heterocycles. The molecule has 1 aliphatic heterocycles. The summed E-state index contributed by atoms with van der Waals surface area (Å²) < 4.78 is 12.7. The van der Waals surface area contributed by atoms with Gasteiger partial charge < -0.3 is 20.1 Å². The highest BCUT2D eigenvalue weighted by Gasteiger charge is 2.28. The fourth-order valence-corrected chi connectivity index (χ4v) is 4.20. The summed E-state index contributed by atoms with van der Waals surface area (Å²) in [5.74, 6) is 1.94. The van der Waals surface area contributed by atoms with Crippen LogP contribution in [0.1, 0.15) is 40.0 Å². The number of aromatic nitrogens is 2. The average molecular weight is 481 g/mol. The van der Waals surface area contributed by atoms with Crippen LogP contribution < -0.4 is 20.1 Å². The molecule has 0 spiro atoms. The Hall–Kier alpha value is -4.52. The molecular formula is C29H28N4O3. The highest BCUT2D eigenvalue weighted by Crippen LogP contribution is 2.36. The molecule has 1 atom stereocenters. The number of methoxy groups -OCH3 is 1. The third-order valence-electron chi connectivity index (χ3n) is 6.12. The van der Waals surface area contributed by atoms with Crippen LogP contribution in [0.2, 0.25) is 0 Å². The zero-order valence-corrected chi connectivity index (χ0v) is 20.5. The van der Waals surface area contributed by atoms with Gasteiger partial charge in [-0.25, -0.2) is 4.68 Å². The van der Waals surface area contributed by atoms with Crippen molar-refractivity contribution in [2.75, 3.05) is 24.4 Å². The van der Waals surface area contributed by atoms with Crippen LogP contribution in [0.5, 0.6) is 11.5 Å². The summed E-state index contributed by atoms with van der Waals surface area (Å²) in [6.45, 7) is 4.58. The van der Waals surface area contributed by atoms with E-state index in [1.54, 1.807) is 13.3 Å². The number of rotatable bonds is 7. The Balaban J connectivity index is 1.49. The van der Waals surface area contributed by atoms with Crippen LogP contribution in [-0.2, 0) is 0 Å². The first kappa shape index (κ1) is 23.2. The molecule has 36 heavy (non-hydrogen) atoms.